The average molecular weight is 297 g/mol. The molecule has 1 aromatic rings. The summed E-state index contributed by atoms with van der Waals surface area (Å²) >= 11 is 0. The molecule has 2 N–H and O–H groups in total. The van der Waals surface area contributed by atoms with Crippen molar-refractivity contribution in [2.24, 2.45) is 10.1 Å². The lowest BCUT2D eigenvalue weighted by Crippen LogP contribution is -2.45. The van der Waals surface area contributed by atoms with Crippen LogP contribution in [0.25, 0.3) is 0 Å². The van der Waals surface area contributed by atoms with E-state index in [0.29, 0.717) is 26.3 Å². The van der Waals surface area contributed by atoms with Gasteiger partial charge in [0, 0.05) is 13.1 Å². The van der Waals surface area contributed by atoms with Crippen molar-refractivity contribution in [3.8, 4) is 0 Å². The number of guanidine groups is 1. The quantitative estimate of drug-likeness (QED) is 0.639. The van der Waals surface area contributed by atoms with Crippen LogP contribution in [0.1, 0.15) is 11.1 Å². The van der Waals surface area contributed by atoms with Gasteiger partial charge >= 0.3 is 0 Å². The summed E-state index contributed by atoms with van der Waals surface area (Å²) in [4.78, 5) is 1.87. The number of aryl methyl sites for hydroxylation is 2. The zero-order valence-corrected chi connectivity index (χ0v) is 12.5. The number of benzene rings is 1. The van der Waals surface area contributed by atoms with Crippen molar-refractivity contribution in [3.05, 3.63) is 29.3 Å². The smallest absolute Gasteiger partial charge is 0.285 e. The zero-order valence-electron chi connectivity index (χ0n) is 11.7. The monoisotopic (exact) mass is 297 g/mol. The van der Waals surface area contributed by atoms with Crippen LogP contribution in [0.2, 0.25) is 0 Å². The van der Waals surface area contributed by atoms with E-state index < -0.39 is 10.0 Å². The molecule has 0 saturated carbocycles. The predicted molar refractivity (Wildman–Crippen MR) is 77.1 cm³/mol. The van der Waals surface area contributed by atoms with Gasteiger partial charge in [0.05, 0.1) is 18.1 Å². The van der Waals surface area contributed by atoms with E-state index >= 15 is 0 Å². The van der Waals surface area contributed by atoms with Crippen molar-refractivity contribution >= 4 is 16.0 Å². The topological polar surface area (TPSA) is 85.0 Å². The minimum Gasteiger partial charge on any atom is -0.378 e. The Hall–Kier alpha value is -1.60. The fraction of sp³-hybridized carbons (Fsp3) is 0.462. The molecule has 6 nitrogen and oxygen atoms in total. The standard InChI is InChI=1S/C13H19N3O3S/c1-10-3-4-12(9-11(10)2)20(17,18)15-13(14)16-5-7-19-8-6-16/h3-4,9H,5-8H2,1-2H3,(H2,14,15). The first kappa shape index (κ1) is 14.8. The first-order valence-corrected chi connectivity index (χ1v) is 7.84. The van der Waals surface area contributed by atoms with Gasteiger partial charge in [0.1, 0.15) is 0 Å². The van der Waals surface area contributed by atoms with E-state index in [1.54, 1.807) is 23.1 Å². The van der Waals surface area contributed by atoms with Crippen molar-refractivity contribution in [2.45, 2.75) is 18.7 Å². The summed E-state index contributed by atoms with van der Waals surface area (Å²) in [6.45, 7) is 5.95. The molecule has 1 saturated heterocycles. The molecule has 0 radical (unpaired) electrons. The predicted octanol–water partition coefficient (Wildman–Crippen LogP) is 0.639. The Kier molecular flexibility index (Phi) is 4.29. The number of nitrogens with two attached hydrogens (primary N) is 1. The highest BCUT2D eigenvalue weighted by Crippen LogP contribution is 2.17. The fourth-order valence-corrected chi connectivity index (χ4v) is 2.93. The van der Waals surface area contributed by atoms with Gasteiger partial charge in [0.2, 0.25) is 5.96 Å². The van der Waals surface area contributed by atoms with Gasteiger partial charge in [-0.25, -0.2) is 0 Å². The molecule has 1 aliphatic rings. The summed E-state index contributed by atoms with van der Waals surface area (Å²) in [6.07, 6.45) is 0. The normalized spacial score (nSPS) is 17.3. The van der Waals surface area contributed by atoms with Crippen molar-refractivity contribution in [3.63, 3.8) is 0 Å². The van der Waals surface area contributed by atoms with Crippen molar-refractivity contribution in [1.82, 2.24) is 4.90 Å². The van der Waals surface area contributed by atoms with E-state index in [1.807, 2.05) is 13.8 Å². The average Bonchev–Trinajstić information content (AvgIpc) is 2.42. The van der Waals surface area contributed by atoms with E-state index in [-0.39, 0.29) is 10.9 Å². The third-order valence-corrected chi connectivity index (χ3v) is 4.60. The van der Waals surface area contributed by atoms with Crippen LogP contribution in [-0.4, -0.2) is 45.6 Å². The lowest BCUT2D eigenvalue weighted by molar-refractivity contribution is 0.0676. The zero-order chi connectivity index (χ0) is 14.8. The SMILES string of the molecule is Cc1ccc(S(=O)(=O)N=C(N)N2CCOCC2)cc1C. The Morgan fingerprint density at radius 2 is 1.90 bits per heavy atom. The molecule has 1 heterocycles. The summed E-state index contributed by atoms with van der Waals surface area (Å²) < 4.78 is 33.3. The molecule has 0 unspecified atom stereocenters. The molecule has 1 aliphatic heterocycles. The van der Waals surface area contributed by atoms with Crippen LogP contribution in [0.15, 0.2) is 27.5 Å². The Labute approximate surface area is 119 Å². The largest absolute Gasteiger partial charge is 0.378 e. The van der Waals surface area contributed by atoms with E-state index in [0.717, 1.165) is 11.1 Å². The maximum atomic E-state index is 12.2. The van der Waals surface area contributed by atoms with Gasteiger partial charge in [-0.1, -0.05) is 6.07 Å². The van der Waals surface area contributed by atoms with Gasteiger partial charge < -0.3 is 15.4 Å². The van der Waals surface area contributed by atoms with Crippen molar-refractivity contribution in [1.29, 1.82) is 0 Å². The maximum Gasteiger partial charge on any atom is 0.285 e. The highest BCUT2D eigenvalue weighted by atomic mass is 32.2. The fourth-order valence-electron chi connectivity index (χ4n) is 1.90. The second kappa shape index (κ2) is 5.80. The third kappa shape index (κ3) is 3.29. The minimum atomic E-state index is -3.77. The Bertz CT molecular complexity index is 620. The van der Waals surface area contributed by atoms with E-state index in [1.165, 1.54) is 0 Å². The van der Waals surface area contributed by atoms with Gasteiger partial charge in [-0.05, 0) is 37.1 Å². The van der Waals surface area contributed by atoms with Crippen LogP contribution in [-0.2, 0) is 14.8 Å². The van der Waals surface area contributed by atoms with Crippen LogP contribution < -0.4 is 5.73 Å². The lowest BCUT2D eigenvalue weighted by atomic mass is 10.1. The number of rotatable bonds is 2. The van der Waals surface area contributed by atoms with Crippen LogP contribution in [0.4, 0.5) is 0 Å². The number of morpholine rings is 1. The molecule has 1 aromatic carbocycles. The van der Waals surface area contributed by atoms with Gasteiger partial charge in [-0.2, -0.15) is 8.42 Å². The number of nitrogens with zero attached hydrogens (tertiary/aromatic N) is 2. The van der Waals surface area contributed by atoms with Crippen LogP contribution in [0.3, 0.4) is 0 Å². The first-order valence-electron chi connectivity index (χ1n) is 6.40. The minimum absolute atomic E-state index is 0.0199. The molecule has 110 valence electrons. The lowest BCUT2D eigenvalue weighted by Gasteiger charge is -2.27. The Morgan fingerprint density at radius 3 is 2.50 bits per heavy atom. The molecule has 20 heavy (non-hydrogen) atoms. The Balaban J connectivity index is 2.27. The third-order valence-electron chi connectivity index (χ3n) is 3.33. The van der Waals surface area contributed by atoms with Gasteiger partial charge in [-0.3, -0.25) is 0 Å². The van der Waals surface area contributed by atoms with Crippen molar-refractivity contribution in [2.75, 3.05) is 26.3 Å². The van der Waals surface area contributed by atoms with Gasteiger partial charge in [0.25, 0.3) is 10.0 Å². The molecule has 7 heteroatoms. The number of hydrogen-bond acceptors (Lipinski definition) is 3. The summed E-state index contributed by atoms with van der Waals surface area (Å²) in [7, 11) is -3.77. The maximum absolute atomic E-state index is 12.2. The number of hydrogen-bond donors (Lipinski definition) is 1. The summed E-state index contributed by atoms with van der Waals surface area (Å²) in [5, 5.41) is 0. The van der Waals surface area contributed by atoms with Gasteiger partial charge in [-0.15, -0.1) is 4.40 Å². The molecule has 0 aliphatic carbocycles. The molecule has 2 rings (SSSR count). The summed E-state index contributed by atoms with van der Waals surface area (Å²) in [5.74, 6) is 0.0199. The van der Waals surface area contributed by atoms with E-state index in [4.69, 9.17) is 10.5 Å². The molecule has 0 spiro atoms. The second-order valence-electron chi connectivity index (χ2n) is 4.77. The highest BCUT2D eigenvalue weighted by molar-refractivity contribution is 7.90. The molecule has 0 aromatic heterocycles. The van der Waals surface area contributed by atoms with Crippen LogP contribution >= 0.6 is 0 Å². The second-order valence-corrected chi connectivity index (χ2v) is 6.37. The van der Waals surface area contributed by atoms with E-state index in [9.17, 15) is 8.42 Å². The summed E-state index contributed by atoms with van der Waals surface area (Å²) in [6, 6.07) is 4.93. The molecule has 0 bridgehead atoms. The Morgan fingerprint density at radius 1 is 1.25 bits per heavy atom. The molecular weight excluding hydrogens is 278 g/mol. The summed E-state index contributed by atoms with van der Waals surface area (Å²) in [5.41, 5.74) is 7.73. The van der Waals surface area contributed by atoms with E-state index in [2.05, 4.69) is 4.40 Å². The highest BCUT2D eigenvalue weighted by Gasteiger charge is 2.18. The van der Waals surface area contributed by atoms with Gasteiger partial charge in [0.15, 0.2) is 0 Å². The van der Waals surface area contributed by atoms with Crippen LogP contribution in [0, 0.1) is 13.8 Å². The van der Waals surface area contributed by atoms with Crippen molar-refractivity contribution < 1.29 is 13.2 Å². The molecule has 1 fully saturated rings. The first-order chi connectivity index (χ1) is 9.40. The molecule has 0 amide bonds. The molecular formula is C13H19N3O3S. The number of ether oxygens (including phenoxy) is 1. The molecule has 0 atom stereocenters. The van der Waals surface area contributed by atoms with Crippen LogP contribution in [0.5, 0.6) is 0 Å². The number of sulfonamides is 1.